The number of ether oxygens (including phenoxy) is 1. The van der Waals surface area contributed by atoms with Crippen molar-refractivity contribution in [2.24, 2.45) is 0 Å². The molecule has 1 aromatic heterocycles. The number of rotatable bonds is 10. The summed E-state index contributed by atoms with van der Waals surface area (Å²) in [6.07, 6.45) is 2.35. The molecule has 170 valence electrons. The second-order valence-electron chi connectivity index (χ2n) is 7.58. The lowest BCUT2D eigenvalue weighted by molar-refractivity contribution is -0.140. The van der Waals surface area contributed by atoms with Crippen molar-refractivity contribution in [1.29, 1.82) is 0 Å². The molecule has 32 heavy (non-hydrogen) atoms. The molecular weight excluding hydrogens is 406 g/mol. The van der Waals surface area contributed by atoms with Crippen LogP contribution in [0.3, 0.4) is 0 Å². The summed E-state index contributed by atoms with van der Waals surface area (Å²) in [5.74, 6) is -0.821. The zero-order valence-corrected chi connectivity index (χ0v) is 19.0. The van der Waals surface area contributed by atoms with Crippen LogP contribution in [0.15, 0.2) is 54.2 Å². The summed E-state index contributed by atoms with van der Waals surface area (Å²) in [4.78, 5) is 34.2. The molecule has 1 aliphatic heterocycles. The van der Waals surface area contributed by atoms with Crippen LogP contribution in [0.5, 0.6) is 5.75 Å². The maximum absolute atomic E-state index is 13.0. The second-order valence-corrected chi connectivity index (χ2v) is 7.58. The zero-order valence-electron chi connectivity index (χ0n) is 19.0. The van der Waals surface area contributed by atoms with Gasteiger partial charge >= 0.3 is 0 Å². The molecule has 0 bridgehead atoms. The average molecular weight is 438 g/mol. The second kappa shape index (κ2) is 10.9. The Labute approximate surface area is 189 Å². The van der Waals surface area contributed by atoms with Crippen molar-refractivity contribution in [2.75, 3.05) is 32.8 Å². The predicted molar refractivity (Wildman–Crippen MR) is 123 cm³/mol. The van der Waals surface area contributed by atoms with Gasteiger partial charge in [-0.2, -0.15) is 0 Å². The summed E-state index contributed by atoms with van der Waals surface area (Å²) >= 11 is 0. The maximum atomic E-state index is 13.0. The minimum absolute atomic E-state index is 0.0701. The molecule has 2 aromatic rings. The first-order valence-corrected chi connectivity index (χ1v) is 11.2. The molecule has 1 saturated heterocycles. The van der Waals surface area contributed by atoms with Crippen molar-refractivity contribution in [3.05, 3.63) is 65.5 Å². The molecule has 2 heterocycles. The molecule has 1 aliphatic rings. The van der Waals surface area contributed by atoms with Gasteiger partial charge in [-0.15, -0.1) is 0 Å². The third kappa shape index (κ3) is 4.99. The molecular formula is C25H31N3O4. The lowest BCUT2D eigenvalue weighted by Gasteiger charge is -2.26. The average Bonchev–Trinajstić information content (AvgIpc) is 3.07. The Balaban J connectivity index is 1.97. The van der Waals surface area contributed by atoms with Crippen molar-refractivity contribution in [3.8, 4) is 5.75 Å². The van der Waals surface area contributed by atoms with Gasteiger partial charge in [-0.05, 0) is 69.4 Å². The van der Waals surface area contributed by atoms with Gasteiger partial charge in [-0.25, -0.2) is 0 Å². The normalized spacial score (nSPS) is 17.9. The van der Waals surface area contributed by atoms with Crippen molar-refractivity contribution in [2.45, 2.75) is 33.2 Å². The topological polar surface area (TPSA) is 83.0 Å². The Morgan fingerprint density at radius 2 is 1.81 bits per heavy atom. The first kappa shape index (κ1) is 23.5. The number of Topliss-reactive ketones (excluding diaryl/α,β-unsaturated/α-hetero) is 1. The van der Waals surface area contributed by atoms with Crippen LogP contribution < -0.4 is 4.74 Å². The minimum Gasteiger partial charge on any atom is -0.507 e. The van der Waals surface area contributed by atoms with E-state index in [-0.39, 0.29) is 11.3 Å². The molecule has 1 N–H and O–H groups in total. The summed E-state index contributed by atoms with van der Waals surface area (Å²) in [6.45, 7) is 9.70. The Morgan fingerprint density at radius 1 is 1.09 bits per heavy atom. The fourth-order valence-corrected chi connectivity index (χ4v) is 3.99. The van der Waals surface area contributed by atoms with Crippen LogP contribution in [0, 0.1) is 0 Å². The predicted octanol–water partition coefficient (Wildman–Crippen LogP) is 3.63. The Morgan fingerprint density at radius 3 is 2.41 bits per heavy atom. The Hall–Kier alpha value is -3.19. The van der Waals surface area contributed by atoms with E-state index in [1.165, 1.54) is 4.90 Å². The van der Waals surface area contributed by atoms with Crippen molar-refractivity contribution < 1.29 is 19.4 Å². The monoisotopic (exact) mass is 437 g/mol. The van der Waals surface area contributed by atoms with E-state index in [0.29, 0.717) is 30.2 Å². The van der Waals surface area contributed by atoms with Crippen LogP contribution in [0.4, 0.5) is 0 Å². The van der Waals surface area contributed by atoms with Crippen molar-refractivity contribution in [3.63, 3.8) is 0 Å². The van der Waals surface area contributed by atoms with Gasteiger partial charge in [0.2, 0.25) is 0 Å². The first-order chi connectivity index (χ1) is 15.5. The van der Waals surface area contributed by atoms with Gasteiger partial charge < -0.3 is 19.6 Å². The number of carbonyl (C=O) groups is 2. The molecule has 0 spiro atoms. The number of likely N-dealkylation sites (tertiary alicyclic amines) is 1. The third-order valence-corrected chi connectivity index (χ3v) is 5.71. The van der Waals surface area contributed by atoms with Gasteiger partial charge in [0.25, 0.3) is 11.7 Å². The minimum atomic E-state index is -0.723. The number of nitrogens with zero attached hydrogens (tertiary/aromatic N) is 3. The molecule has 7 heteroatoms. The van der Waals surface area contributed by atoms with Crippen LogP contribution in [0.1, 0.15) is 44.5 Å². The third-order valence-electron chi connectivity index (χ3n) is 5.71. The number of carbonyl (C=O) groups excluding carboxylic acids is 2. The lowest BCUT2D eigenvalue weighted by atomic mass is 9.98. The van der Waals surface area contributed by atoms with E-state index < -0.39 is 17.7 Å². The molecule has 0 saturated carbocycles. The highest BCUT2D eigenvalue weighted by Crippen LogP contribution is 2.38. The van der Waals surface area contributed by atoms with E-state index in [0.717, 1.165) is 26.1 Å². The van der Waals surface area contributed by atoms with Gasteiger partial charge in [-0.3, -0.25) is 14.6 Å². The van der Waals surface area contributed by atoms with E-state index in [1.807, 2.05) is 13.0 Å². The maximum Gasteiger partial charge on any atom is 0.295 e. The lowest BCUT2D eigenvalue weighted by Crippen LogP contribution is -2.33. The van der Waals surface area contributed by atoms with Gasteiger partial charge in [0.15, 0.2) is 0 Å². The van der Waals surface area contributed by atoms with Crippen LogP contribution in [0.25, 0.3) is 5.76 Å². The molecule has 1 amide bonds. The fourth-order valence-electron chi connectivity index (χ4n) is 3.99. The van der Waals surface area contributed by atoms with E-state index in [1.54, 1.807) is 42.6 Å². The number of aliphatic hydroxyl groups is 1. The zero-order chi connectivity index (χ0) is 23.1. The quantitative estimate of drug-likeness (QED) is 0.347. The number of ketones is 1. The number of hydrogen-bond acceptors (Lipinski definition) is 6. The number of amides is 1. The van der Waals surface area contributed by atoms with E-state index in [2.05, 4.69) is 23.7 Å². The molecule has 1 fully saturated rings. The van der Waals surface area contributed by atoms with E-state index >= 15 is 0 Å². The summed E-state index contributed by atoms with van der Waals surface area (Å²) in [6, 6.07) is 11.5. The summed E-state index contributed by atoms with van der Waals surface area (Å²) in [7, 11) is 0. The summed E-state index contributed by atoms with van der Waals surface area (Å²) < 4.78 is 5.45. The molecule has 1 unspecified atom stereocenters. The highest BCUT2D eigenvalue weighted by atomic mass is 16.5. The van der Waals surface area contributed by atoms with Crippen molar-refractivity contribution in [1.82, 2.24) is 14.8 Å². The molecule has 3 rings (SSSR count). The fraction of sp³-hybridized carbons (Fsp3) is 0.400. The number of benzene rings is 1. The van der Waals surface area contributed by atoms with E-state index in [9.17, 15) is 14.7 Å². The summed E-state index contributed by atoms with van der Waals surface area (Å²) in [5.41, 5.74) is 1.08. The van der Waals surface area contributed by atoms with Gasteiger partial charge in [0, 0.05) is 18.3 Å². The molecule has 0 radical (unpaired) electrons. The highest BCUT2D eigenvalue weighted by Gasteiger charge is 2.46. The van der Waals surface area contributed by atoms with Crippen LogP contribution in [-0.4, -0.2) is 64.4 Å². The molecule has 7 nitrogen and oxygen atoms in total. The van der Waals surface area contributed by atoms with Gasteiger partial charge in [-0.1, -0.05) is 19.9 Å². The van der Waals surface area contributed by atoms with Crippen LogP contribution in [0.2, 0.25) is 0 Å². The Bertz CT molecular complexity index is 953. The van der Waals surface area contributed by atoms with Crippen LogP contribution in [-0.2, 0) is 9.59 Å². The smallest absolute Gasteiger partial charge is 0.295 e. The molecule has 1 atom stereocenters. The summed E-state index contributed by atoms with van der Waals surface area (Å²) in [5, 5.41) is 11.1. The number of aromatic nitrogens is 1. The SMILES string of the molecule is CCOc1ccc(/C(O)=C2\C(=O)C(=O)N(CCCN(CC)CC)C2c2ccccn2)cc1. The highest BCUT2D eigenvalue weighted by molar-refractivity contribution is 6.46. The van der Waals surface area contributed by atoms with Crippen molar-refractivity contribution >= 4 is 17.4 Å². The van der Waals surface area contributed by atoms with Gasteiger partial charge in [0.05, 0.1) is 17.9 Å². The van der Waals surface area contributed by atoms with Gasteiger partial charge in [0.1, 0.15) is 17.6 Å². The van der Waals surface area contributed by atoms with E-state index in [4.69, 9.17) is 4.74 Å². The molecule has 1 aromatic carbocycles. The number of pyridine rings is 1. The number of aliphatic hydroxyl groups excluding tert-OH is 1. The largest absolute Gasteiger partial charge is 0.507 e. The standard InChI is InChI=1S/C25H31N3O4/c1-4-27(5-2)16-9-17-28-22(20-10-7-8-15-26-20)21(24(30)25(28)31)23(29)18-11-13-19(14-12-18)32-6-3/h7-8,10-15,22,29H,4-6,9,16-17H2,1-3H3/b23-21+. The Kier molecular flexibility index (Phi) is 8.00. The first-order valence-electron chi connectivity index (χ1n) is 11.2. The number of hydrogen-bond donors (Lipinski definition) is 1. The van der Waals surface area contributed by atoms with Crippen LogP contribution >= 0.6 is 0 Å². The molecule has 0 aliphatic carbocycles.